The van der Waals surface area contributed by atoms with Gasteiger partial charge in [-0.2, -0.15) is 0 Å². The Labute approximate surface area is 113 Å². The third kappa shape index (κ3) is 2.48. The number of nitrogens with one attached hydrogen (secondary N) is 1. The molecule has 1 atom stereocenters. The first-order valence-electron chi connectivity index (χ1n) is 6.50. The summed E-state index contributed by atoms with van der Waals surface area (Å²) in [7, 11) is 0. The van der Waals surface area contributed by atoms with Crippen LogP contribution in [0.15, 0.2) is 24.3 Å². The zero-order valence-corrected chi connectivity index (χ0v) is 11.9. The van der Waals surface area contributed by atoms with Gasteiger partial charge in [-0.1, -0.05) is 24.3 Å². The summed E-state index contributed by atoms with van der Waals surface area (Å²) in [6.07, 6.45) is 0. The Morgan fingerprint density at radius 3 is 2.53 bits per heavy atom. The van der Waals surface area contributed by atoms with Crippen molar-refractivity contribution in [2.45, 2.75) is 45.8 Å². The number of hydrogen-bond acceptors (Lipinski definition) is 2. The number of piperazine rings is 1. The van der Waals surface area contributed by atoms with Gasteiger partial charge in [0.05, 0.1) is 0 Å². The highest BCUT2D eigenvalue weighted by atomic mass is 16.2. The number of benzene rings is 1. The summed E-state index contributed by atoms with van der Waals surface area (Å²) in [5.41, 5.74) is 1.38. The van der Waals surface area contributed by atoms with Crippen molar-refractivity contribution in [2.75, 3.05) is 0 Å². The lowest BCUT2D eigenvalue weighted by Crippen LogP contribution is -2.67. The highest BCUT2D eigenvalue weighted by Crippen LogP contribution is 2.21. The van der Waals surface area contributed by atoms with Crippen molar-refractivity contribution in [3.63, 3.8) is 0 Å². The van der Waals surface area contributed by atoms with E-state index >= 15 is 0 Å². The molecule has 1 N–H and O–H groups in total. The van der Waals surface area contributed by atoms with Crippen molar-refractivity contribution < 1.29 is 9.59 Å². The quantitative estimate of drug-likeness (QED) is 0.878. The maximum atomic E-state index is 12.4. The van der Waals surface area contributed by atoms with Gasteiger partial charge in [0.25, 0.3) is 0 Å². The fraction of sp³-hybridized carbons (Fsp3) is 0.467. The van der Waals surface area contributed by atoms with Crippen LogP contribution in [0, 0.1) is 6.92 Å². The molecule has 0 bridgehead atoms. The van der Waals surface area contributed by atoms with Crippen molar-refractivity contribution in [3.8, 4) is 0 Å². The van der Waals surface area contributed by atoms with E-state index in [-0.39, 0.29) is 11.8 Å². The van der Waals surface area contributed by atoms with Crippen molar-refractivity contribution in [1.29, 1.82) is 0 Å². The minimum Gasteiger partial charge on any atom is -0.340 e. The molecular formula is C15H20N2O2. The second-order valence-electron chi connectivity index (χ2n) is 5.65. The number of hydrogen-bond donors (Lipinski definition) is 1. The van der Waals surface area contributed by atoms with E-state index in [1.807, 2.05) is 31.2 Å². The highest BCUT2D eigenvalue weighted by molar-refractivity contribution is 5.99. The van der Waals surface area contributed by atoms with Crippen LogP contribution in [0.1, 0.15) is 31.9 Å². The zero-order chi connectivity index (χ0) is 14.2. The molecule has 19 heavy (non-hydrogen) atoms. The van der Waals surface area contributed by atoms with E-state index in [0.29, 0.717) is 6.54 Å². The molecule has 0 radical (unpaired) electrons. The summed E-state index contributed by atoms with van der Waals surface area (Å²) in [6.45, 7) is 7.73. The molecule has 1 aromatic carbocycles. The van der Waals surface area contributed by atoms with Crippen LogP contribution in [-0.4, -0.2) is 28.3 Å². The summed E-state index contributed by atoms with van der Waals surface area (Å²) in [6, 6.07) is 7.50. The first-order valence-corrected chi connectivity index (χ1v) is 6.50. The van der Waals surface area contributed by atoms with Gasteiger partial charge in [0, 0.05) is 6.54 Å². The first kappa shape index (κ1) is 13.6. The van der Waals surface area contributed by atoms with E-state index in [1.54, 1.807) is 25.7 Å². The first-order chi connectivity index (χ1) is 8.83. The van der Waals surface area contributed by atoms with Gasteiger partial charge >= 0.3 is 0 Å². The largest absolute Gasteiger partial charge is 0.340 e. The average molecular weight is 260 g/mol. The molecule has 1 unspecified atom stereocenters. The molecule has 0 aliphatic carbocycles. The highest BCUT2D eigenvalue weighted by Gasteiger charge is 2.43. The van der Waals surface area contributed by atoms with Crippen molar-refractivity contribution >= 4 is 11.8 Å². The van der Waals surface area contributed by atoms with Crippen LogP contribution in [0.3, 0.4) is 0 Å². The summed E-state index contributed by atoms with van der Waals surface area (Å²) in [5, 5.41) is 2.76. The van der Waals surface area contributed by atoms with E-state index in [4.69, 9.17) is 0 Å². The predicted octanol–water partition coefficient (Wildman–Crippen LogP) is 1.62. The van der Waals surface area contributed by atoms with Gasteiger partial charge in [-0.25, -0.2) is 0 Å². The minimum atomic E-state index is -0.827. The average Bonchev–Trinajstić information content (AvgIpc) is 2.34. The van der Waals surface area contributed by atoms with Crippen molar-refractivity contribution in [1.82, 2.24) is 10.2 Å². The maximum Gasteiger partial charge on any atom is 0.248 e. The molecule has 0 saturated carbocycles. The van der Waals surface area contributed by atoms with Crippen LogP contribution in [-0.2, 0) is 16.1 Å². The van der Waals surface area contributed by atoms with Gasteiger partial charge in [-0.15, -0.1) is 0 Å². The second-order valence-corrected chi connectivity index (χ2v) is 5.65. The molecule has 1 aromatic rings. The molecule has 0 spiro atoms. The standard InChI is InChI=1S/C15H20N2O2/c1-10-7-5-6-8-12(10)9-17-11(2)13(18)16-15(3,4)14(17)19/h5-8,11H,9H2,1-4H3,(H,16,18). The molecule has 2 rings (SSSR count). The fourth-order valence-electron chi connectivity index (χ4n) is 2.32. The molecule has 1 fully saturated rings. The smallest absolute Gasteiger partial charge is 0.248 e. The summed E-state index contributed by atoms with van der Waals surface area (Å²) < 4.78 is 0. The number of carbonyl (C=O) groups is 2. The van der Waals surface area contributed by atoms with E-state index in [1.165, 1.54) is 0 Å². The molecule has 1 heterocycles. The van der Waals surface area contributed by atoms with Gasteiger partial charge in [-0.3, -0.25) is 9.59 Å². The number of nitrogens with zero attached hydrogens (tertiary/aromatic N) is 1. The fourth-order valence-corrected chi connectivity index (χ4v) is 2.32. The Kier molecular flexibility index (Phi) is 3.35. The molecule has 0 aromatic heterocycles. The van der Waals surface area contributed by atoms with Crippen LogP contribution >= 0.6 is 0 Å². The Morgan fingerprint density at radius 1 is 1.26 bits per heavy atom. The minimum absolute atomic E-state index is 0.0390. The topological polar surface area (TPSA) is 49.4 Å². The SMILES string of the molecule is Cc1ccccc1CN1C(=O)C(C)(C)NC(=O)C1C. The van der Waals surface area contributed by atoms with Crippen molar-refractivity contribution in [3.05, 3.63) is 35.4 Å². The van der Waals surface area contributed by atoms with Crippen molar-refractivity contribution in [2.24, 2.45) is 0 Å². The van der Waals surface area contributed by atoms with Crippen LogP contribution in [0.4, 0.5) is 0 Å². The molecular weight excluding hydrogens is 240 g/mol. The van der Waals surface area contributed by atoms with E-state index in [0.717, 1.165) is 11.1 Å². The molecule has 1 aliphatic rings. The lowest BCUT2D eigenvalue weighted by molar-refractivity contribution is -0.153. The monoisotopic (exact) mass is 260 g/mol. The summed E-state index contributed by atoms with van der Waals surface area (Å²) >= 11 is 0. The molecule has 4 nitrogen and oxygen atoms in total. The van der Waals surface area contributed by atoms with Crippen LogP contribution in [0.5, 0.6) is 0 Å². The zero-order valence-electron chi connectivity index (χ0n) is 11.9. The van der Waals surface area contributed by atoms with Crippen LogP contribution in [0.2, 0.25) is 0 Å². The van der Waals surface area contributed by atoms with Gasteiger partial charge < -0.3 is 10.2 Å². The molecule has 4 heteroatoms. The second kappa shape index (κ2) is 4.68. The van der Waals surface area contributed by atoms with Crippen LogP contribution in [0.25, 0.3) is 0 Å². The third-order valence-corrected chi connectivity index (χ3v) is 3.68. The van der Waals surface area contributed by atoms with Gasteiger partial charge in [0.1, 0.15) is 11.6 Å². The van der Waals surface area contributed by atoms with Gasteiger partial charge in [-0.05, 0) is 38.8 Å². The van der Waals surface area contributed by atoms with Gasteiger partial charge in [0.2, 0.25) is 11.8 Å². The number of amides is 2. The van der Waals surface area contributed by atoms with Gasteiger partial charge in [0.15, 0.2) is 0 Å². The number of carbonyl (C=O) groups excluding carboxylic acids is 2. The molecule has 102 valence electrons. The van der Waals surface area contributed by atoms with E-state index in [2.05, 4.69) is 5.32 Å². The maximum absolute atomic E-state index is 12.4. The lowest BCUT2D eigenvalue weighted by atomic mass is 9.96. The Balaban J connectivity index is 2.29. The van der Waals surface area contributed by atoms with E-state index in [9.17, 15) is 9.59 Å². The number of aryl methyl sites for hydroxylation is 1. The summed E-state index contributed by atoms with van der Waals surface area (Å²) in [4.78, 5) is 26.0. The lowest BCUT2D eigenvalue weighted by Gasteiger charge is -2.41. The normalized spacial score (nSPS) is 22.3. The Hall–Kier alpha value is -1.84. The van der Waals surface area contributed by atoms with Crippen LogP contribution < -0.4 is 5.32 Å². The molecule has 2 amide bonds. The molecule has 1 aliphatic heterocycles. The van der Waals surface area contributed by atoms with E-state index < -0.39 is 11.6 Å². The third-order valence-electron chi connectivity index (χ3n) is 3.68. The summed E-state index contributed by atoms with van der Waals surface area (Å²) in [5.74, 6) is -0.138. The molecule has 1 saturated heterocycles. The number of rotatable bonds is 2. The Morgan fingerprint density at radius 2 is 1.89 bits per heavy atom. The Bertz CT molecular complexity index is 523. The predicted molar refractivity (Wildman–Crippen MR) is 73.4 cm³/mol.